The van der Waals surface area contributed by atoms with Crippen LogP contribution < -0.4 is 5.32 Å². The number of carbonyl (C=O) groups excluding carboxylic acids is 1. The Morgan fingerprint density at radius 3 is 2.67 bits per heavy atom. The standard InChI is InChI=1S/C16H21NO4/c1-2-14-9-13(7-8-21-14)15(18)17-10-11-3-5-12(6-4-11)16(19)20/h3-6,13-14H,2,7-10H2,1H3,(H,17,18)(H,19,20). The van der Waals surface area contributed by atoms with E-state index in [1.54, 1.807) is 24.3 Å². The second-order valence-electron chi connectivity index (χ2n) is 5.34. The van der Waals surface area contributed by atoms with Gasteiger partial charge in [-0.3, -0.25) is 4.79 Å². The van der Waals surface area contributed by atoms with Crippen LogP contribution in [0.25, 0.3) is 0 Å². The molecule has 2 unspecified atom stereocenters. The number of ether oxygens (including phenoxy) is 1. The zero-order valence-corrected chi connectivity index (χ0v) is 12.2. The average molecular weight is 291 g/mol. The average Bonchev–Trinajstić information content (AvgIpc) is 2.53. The minimum atomic E-state index is -0.946. The Labute approximate surface area is 124 Å². The molecule has 0 aliphatic carbocycles. The molecule has 114 valence electrons. The monoisotopic (exact) mass is 291 g/mol. The van der Waals surface area contributed by atoms with Gasteiger partial charge in [-0.05, 0) is 37.0 Å². The molecule has 1 amide bonds. The molecule has 5 heteroatoms. The number of aromatic carboxylic acids is 1. The van der Waals surface area contributed by atoms with Crippen molar-refractivity contribution in [3.8, 4) is 0 Å². The first kappa shape index (κ1) is 15.5. The van der Waals surface area contributed by atoms with E-state index in [0.29, 0.717) is 13.2 Å². The van der Waals surface area contributed by atoms with Crippen molar-refractivity contribution < 1.29 is 19.4 Å². The molecule has 0 bridgehead atoms. The van der Waals surface area contributed by atoms with Crippen LogP contribution >= 0.6 is 0 Å². The fraction of sp³-hybridized carbons (Fsp3) is 0.500. The molecule has 2 N–H and O–H groups in total. The summed E-state index contributed by atoms with van der Waals surface area (Å²) in [6.45, 7) is 3.13. The topological polar surface area (TPSA) is 75.6 Å². The van der Waals surface area contributed by atoms with E-state index in [1.807, 2.05) is 0 Å². The van der Waals surface area contributed by atoms with Gasteiger partial charge in [0.2, 0.25) is 5.91 Å². The molecular formula is C16H21NO4. The Balaban J connectivity index is 1.84. The Bertz CT molecular complexity index is 498. The number of carboxylic acid groups (broad SMARTS) is 1. The van der Waals surface area contributed by atoms with Crippen LogP contribution in [0.1, 0.15) is 42.1 Å². The molecule has 2 atom stereocenters. The van der Waals surface area contributed by atoms with E-state index in [-0.39, 0.29) is 23.5 Å². The number of hydrogen-bond donors (Lipinski definition) is 2. The van der Waals surface area contributed by atoms with E-state index in [1.165, 1.54) is 0 Å². The predicted molar refractivity (Wildman–Crippen MR) is 78.0 cm³/mol. The molecule has 1 aliphatic heterocycles. The molecule has 0 saturated carbocycles. The number of carbonyl (C=O) groups is 2. The molecule has 21 heavy (non-hydrogen) atoms. The minimum Gasteiger partial charge on any atom is -0.478 e. The third-order valence-corrected chi connectivity index (χ3v) is 3.86. The van der Waals surface area contributed by atoms with Crippen LogP contribution in [0.4, 0.5) is 0 Å². The third-order valence-electron chi connectivity index (χ3n) is 3.86. The predicted octanol–water partition coefficient (Wildman–Crippen LogP) is 2.21. The fourth-order valence-corrected chi connectivity index (χ4v) is 2.50. The molecule has 1 heterocycles. The SMILES string of the molecule is CCC1CC(C(=O)NCc2ccc(C(=O)O)cc2)CCO1. The molecule has 1 saturated heterocycles. The summed E-state index contributed by atoms with van der Waals surface area (Å²) in [7, 11) is 0. The second-order valence-corrected chi connectivity index (χ2v) is 5.34. The third kappa shape index (κ3) is 4.29. The van der Waals surface area contributed by atoms with Crippen LogP contribution in [-0.2, 0) is 16.1 Å². The summed E-state index contributed by atoms with van der Waals surface area (Å²) in [6.07, 6.45) is 2.66. The van der Waals surface area contributed by atoms with E-state index in [2.05, 4.69) is 12.2 Å². The van der Waals surface area contributed by atoms with Crippen LogP contribution in [0, 0.1) is 5.92 Å². The van der Waals surface area contributed by atoms with Crippen molar-refractivity contribution in [2.24, 2.45) is 5.92 Å². The normalized spacial score (nSPS) is 21.8. The number of hydrogen-bond acceptors (Lipinski definition) is 3. The van der Waals surface area contributed by atoms with Gasteiger partial charge in [-0.15, -0.1) is 0 Å². The van der Waals surface area contributed by atoms with E-state index in [4.69, 9.17) is 9.84 Å². The largest absolute Gasteiger partial charge is 0.478 e. The maximum Gasteiger partial charge on any atom is 0.335 e. The maximum absolute atomic E-state index is 12.1. The highest BCUT2D eigenvalue weighted by molar-refractivity contribution is 5.87. The van der Waals surface area contributed by atoms with Gasteiger partial charge in [0.1, 0.15) is 0 Å². The number of benzene rings is 1. The fourth-order valence-electron chi connectivity index (χ4n) is 2.50. The quantitative estimate of drug-likeness (QED) is 0.872. The lowest BCUT2D eigenvalue weighted by molar-refractivity contribution is -0.130. The summed E-state index contributed by atoms with van der Waals surface area (Å²) in [5.74, 6) is -0.876. The van der Waals surface area contributed by atoms with Crippen molar-refractivity contribution in [1.82, 2.24) is 5.32 Å². The molecule has 1 aromatic rings. The molecule has 1 aromatic carbocycles. The van der Waals surface area contributed by atoms with Crippen molar-refractivity contribution in [1.29, 1.82) is 0 Å². The van der Waals surface area contributed by atoms with Gasteiger partial charge in [-0.1, -0.05) is 19.1 Å². The highest BCUT2D eigenvalue weighted by atomic mass is 16.5. The van der Waals surface area contributed by atoms with Crippen molar-refractivity contribution in [2.45, 2.75) is 38.8 Å². The first-order valence-electron chi connectivity index (χ1n) is 7.31. The van der Waals surface area contributed by atoms with E-state index >= 15 is 0 Å². The summed E-state index contributed by atoms with van der Waals surface area (Å²) >= 11 is 0. The van der Waals surface area contributed by atoms with Crippen molar-refractivity contribution in [3.63, 3.8) is 0 Å². The summed E-state index contributed by atoms with van der Waals surface area (Å²) < 4.78 is 5.57. The van der Waals surface area contributed by atoms with Gasteiger partial charge in [0, 0.05) is 19.1 Å². The summed E-state index contributed by atoms with van der Waals surface area (Å²) in [5.41, 5.74) is 1.15. The van der Waals surface area contributed by atoms with Crippen LogP contribution in [0.15, 0.2) is 24.3 Å². The Morgan fingerprint density at radius 1 is 1.33 bits per heavy atom. The van der Waals surface area contributed by atoms with Gasteiger partial charge in [0.25, 0.3) is 0 Å². The lowest BCUT2D eigenvalue weighted by atomic mass is 9.93. The molecular weight excluding hydrogens is 270 g/mol. The highest BCUT2D eigenvalue weighted by Gasteiger charge is 2.26. The summed E-state index contributed by atoms with van der Waals surface area (Å²) in [4.78, 5) is 22.9. The Hall–Kier alpha value is -1.88. The zero-order chi connectivity index (χ0) is 15.2. The Kier molecular flexibility index (Phi) is 5.33. The zero-order valence-electron chi connectivity index (χ0n) is 12.2. The van der Waals surface area contributed by atoms with Crippen molar-refractivity contribution in [3.05, 3.63) is 35.4 Å². The van der Waals surface area contributed by atoms with Crippen LogP contribution in [0.3, 0.4) is 0 Å². The van der Waals surface area contributed by atoms with Crippen LogP contribution in [0.2, 0.25) is 0 Å². The lowest BCUT2D eigenvalue weighted by Crippen LogP contribution is -2.36. The number of nitrogens with one attached hydrogen (secondary N) is 1. The number of carboxylic acids is 1. The molecule has 5 nitrogen and oxygen atoms in total. The molecule has 2 rings (SSSR count). The summed E-state index contributed by atoms with van der Waals surface area (Å²) in [6, 6.07) is 6.54. The van der Waals surface area contributed by atoms with Crippen LogP contribution in [-0.4, -0.2) is 29.7 Å². The molecule has 0 radical (unpaired) electrons. The summed E-state index contributed by atoms with van der Waals surface area (Å²) in [5, 5.41) is 11.8. The smallest absolute Gasteiger partial charge is 0.335 e. The van der Waals surface area contributed by atoms with Gasteiger partial charge in [0.05, 0.1) is 11.7 Å². The van der Waals surface area contributed by atoms with E-state index in [9.17, 15) is 9.59 Å². The van der Waals surface area contributed by atoms with Gasteiger partial charge in [-0.2, -0.15) is 0 Å². The second kappa shape index (κ2) is 7.22. The van der Waals surface area contributed by atoms with Gasteiger partial charge in [0.15, 0.2) is 0 Å². The van der Waals surface area contributed by atoms with E-state index in [0.717, 1.165) is 24.8 Å². The van der Waals surface area contributed by atoms with Crippen LogP contribution in [0.5, 0.6) is 0 Å². The minimum absolute atomic E-state index is 0.0157. The van der Waals surface area contributed by atoms with Crippen molar-refractivity contribution >= 4 is 11.9 Å². The first-order chi connectivity index (χ1) is 10.1. The van der Waals surface area contributed by atoms with Gasteiger partial charge < -0.3 is 15.2 Å². The lowest BCUT2D eigenvalue weighted by Gasteiger charge is -2.28. The first-order valence-corrected chi connectivity index (χ1v) is 7.31. The number of amides is 1. The van der Waals surface area contributed by atoms with Gasteiger partial charge in [-0.25, -0.2) is 4.79 Å². The highest BCUT2D eigenvalue weighted by Crippen LogP contribution is 2.22. The molecule has 1 aliphatic rings. The van der Waals surface area contributed by atoms with Crippen molar-refractivity contribution in [2.75, 3.05) is 6.61 Å². The maximum atomic E-state index is 12.1. The van der Waals surface area contributed by atoms with E-state index < -0.39 is 5.97 Å². The Morgan fingerprint density at radius 2 is 2.05 bits per heavy atom. The van der Waals surface area contributed by atoms with Gasteiger partial charge >= 0.3 is 5.97 Å². The number of rotatable bonds is 5. The molecule has 1 fully saturated rings. The molecule has 0 spiro atoms. The molecule has 0 aromatic heterocycles.